The van der Waals surface area contributed by atoms with Gasteiger partial charge in [0.05, 0.1) is 32.0 Å². The molecule has 16 rings (SSSR count). The monoisotopic (exact) mass is 1250 g/mol. The number of hydrogen-bond donors (Lipinski definition) is 0. The maximum Gasteiger partial charge on any atom is 0.335 e. The Kier molecular flexibility index (Phi) is 21.2. The third-order valence-corrected chi connectivity index (χ3v) is 24.7. The molecule has 16 aliphatic rings. The fourth-order valence-corrected chi connectivity index (χ4v) is 21.5. The zero-order chi connectivity index (χ0) is 64.6. The van der Waals surface area contributed by atoms with Crippen molar-refractivity contribution in [3.05, 3.63) is 48.6 Å². The maximum atomic E-state index is 12.6. The van der Waals surface area contributed by atoms with Crippen LogP contribution in [0.1, 0.15) is 209 Å². The van der Waals surface area contributed by atoms with Gasteiger partial charge in [0.1, 0.15) is 36.8 Å². The Bertz CT molecular complexity index is 2680. The summed E-state index contributed by atoms with van der Waals surface area (Å²) in [4.78, 5) is 94.3. The van der Waals surface area contributed by atoms with Crippen LogP contribution in [-0.4, -0.2) is 97.6 Å². The second kappa shape index (κ2) is 28.2. The highest BCUT2D eigenvalue weighted by Gasteiger charge is 2.63. The first-order valence-electron chi connectivity index (χ1n) is 34.8. The van der Waals surface area contributed by atoms with E-state index >= 15 is 0 Å². The van der Waals surface area contributed by atoms with Gasteiger partial charge in [-0.3, -0.25) is 19.2 Å². The molecule has 8 unspecified atom stereocenters. The topological polar surface area (TPSA) is 210 Å². The van der Waals surface area contributed by atoms with Gasteiger partial charge >= 0.3 is 41.8 Å². The van der Waals surface area contributed by atoms with Crippen molar-refractivity contribution in [3.8, 4) is 0 Å². The van der Waals surface area contributed by atoms with Crippen molar-refractivity contribution in [2.45, 2.75) is 233 Å². The van der Waals surface area contributed by atoms with Crippen molar-refractivity contribution in [1.82, 2.24) is 0 Å². The molecule has 16 aliphatic carbocycles. The van der Waals surface area contributed by atoms with Gasteiger partial charge in [0.15, 0.2) is 0 Å². The minimum absolute atomic E-state index is 0.0201. The third kappa shape index (κ3) is 15.3. The van der Waals surface area contributed by atoms with E-state index in [1.165, 1.54) is 116 Å². The van der Waals surface area contributed by atoms with E-state index in [4.69, 9.17) is 37.9 Å². The predicted octanol–water partition coefficient (Wildman–Crippen LogP) is 13.3. The Morgan fingerprint density at radius 1 is 0.411 bits per heavy atom. The average molecular weight is 1250 g/mol. The summed E-state index contributed by atoms with van der Waals surface area (Å²) in [7, 11) is 0. The molecule has 16 heteroatoms. The van der Waals surface area contributed by atoms with Crippen LogP contribution in [0, 0.1) is 106 Å². The number of Topliss-reactive ketones (excluding diaryl/α,β-unsaturated/α-hetero) is 1. The smallest absolute Gasteiger partial charge is 0.335 e. The molecule has 0 aromatic carbocycles. The maximum absolute atomic E-state index is 12.6. The molecular weight excluding hydrogens is 1140 g/mol. The number of ketones is 1. The molecule has 8 atom stereocenters. The number of carbonyl (C=O) groups is 8. The van der Waals surface area contributed by atoms with E-state index in [0.29, 0.717) is 64.3 Å². The van der Waals surface area contributed by atoms with Gasteiger partial charge in [-0.1, -0.05) is 26.3 Å². The first kappa shape index (κ1) is 67.8. The molecule has 0 aromatic heterocycles. The van der Waals surface area contributed by atoms with Gasteiger partial charge in [-0.2, -0.15) is 0 Å². The Morgan fingerprint density at radius 3 is 1.26 bits per heavy atom. The van der Waals surface area contributed by atoms with Gasteiger partial charge in [0.2, 0.25) is 6.29 Å². The zero-order valence-corrected chi connectivity index (χ0v) is 55.3. The number of hydrogen-bond acceptors (Lipinski definition) is 16. The molecule has 16 bridgehead atoms. The summed E-state index contributed by atoms with van der Waals surface area (Å²) in [5.74, 6) is 10.7. The van der Waals surface area contributed by atoms with E-state index in [0.717, 1.165) is 96.2 Å². The van der Waals surface area contributed by atoms with Gasteiger partial charge in [-0.15, -0.1) is 0 Å². The predicted molar refractivity (Wildman–Crippen MR) is 335 cm³/mol. The molecule has 0 amide bonds. The second-order valence-corrected chi connectivity index (χ2v) is 31.3. The summed E-state index contributed by atoms with van der Waals surface area (Å²) in [6.45, 7) is 26.9. The molecule has 16 saturated carbocycles. The second-order valence-electron chi connectivity index (χ2n) is 31.3. The summed E-state index contributed by atoms with van der Waals surface area (Å²) in [5, 5.41) is 0. The van der Waals surface area contributed by atoms with Crippen LogP contribution >= 0.6 is 0 Å². The highest BCUT2D eigenvalue weighted by molar-refractivity contribution is 5.89. The lowest BCUT2D eigenvalue weighted by Crippen LogP contribution is -2.58. The molecule has 16 fully saturated rings. The van der Waals surface area contributed by atoms with Gasteiger partial charge in [-0.05, 0) is 284 Å². The van der Waals surface area contributed by atoms with Crippen LogP contribution in [0.3, 0.4) is 0 Å². The van der Waals surface area contributed by atoms with Crippen molar-refractivity contribution in [2.24, 2.45) is 106 Å². The van der Waals surface area contributed by atoms with Crippen molar-refractivity contribution in [3.63, 3.8) is 0 Å². The van der Waals surface area contributed by atoms with E-state index in [2.05, 4.69) is 40.2 Å². The van der Waals surface area contributed by atoms with Crippen LogP contribution in [0.4, 0.5) is 0 Å². The third-order valence-electron chi connectivity index (χ3n) is 24.7. The van der Waals surface area contributed by atoms with E-state index in [-0.39, 0.29) is 86.2 Å². The molecule has 90 heavy (non-hydrogen) atoms. The molecule has 0 heterocycles. The normalized spacial score (nSPS) is 38.9. The molecule has 16 nitrogen and oxygen atoms in total. The number of carbonyl (C=O) groups excluding carboxylic acids is 8. The Morgan fingerprint density at radius 2 is 0.800 bits per heavy atom. The highest BCUT2D eigenvalue weighted by Crippen LogP contribution is 2.68. The minimum Gasteiger partial charge on any atom is -0.462 e. The fourth-order valence-electron chi connectivity index (χ4n) is 21.5. The van der Waals surface area contributed by atoms with Crippen LogP contribution in [0.5, 0.6) is 0 Å². The molecule has 0 aliphatic heterocycles. The van der Waals surface area contributed by atoms with Crippen LogP contribution < -0.4 is 0 Å². The van der Waals surface area contributed by atoms with Crippen LogP contribution in [0.2, 0.25) is 0 Å². The molecule has 498 valence electrons. The van der Waals surface area contributed by atoms with Crippen molar-refractivity contribution in [1.29, 1.82) is 0 Å². The van der Waals surface area contributed by atoms with Gasteiger partial charge in [-0.25, -0.2) is 19.2 Å². The lowest BCUT2D eigenvalue weighted by atomic mass is 9.48. The van der Waals surface area contributed by atoms with E-state index < -0.39 is 24.2 Å². The largest absolute Gasteiger partial charge is 0.462 e. The van der Waals surface area contributed by atoms with Crippen LogP contribution in [0.25, 0.3) is 0 Å². The van der Waals surface area contributed by atoms with E-state index in [1.54, 1.807) is 27.7 Å². The van der Waals surface area contributed by atoms with Crippen molar-refractivity contribution >= 4 is 47.6 Å². The number of esters is 7. The lowest BCUT2D eigenvalue weighted by molar-refractivity contribution is -0.204. The summed E-state index contributed by atoms with van der Waals surface area (Å²) in [6, 6.07) is 0. The molecule has 0 radical (unpaired) electrons. The fraction of sp³-hybridized carbons (Fsp3) is 0.784. The van der Waals surface area contributed by atoms with Crippen LogP contribution in [-0.2, 0) is 76.3 Å². The lowest BCUT2D eigenvalue weighted by Gasteiger charge is -2.59. The quantitative estimate of drug-likeness (QED) is 0.0246. The molecular formula is C74H106O16. The SMILES string of the molecule is C=C(C)C(=O)OC(C)OC1CC2CC1C1C3CCC(C3)C21.C=C(C)C(=O)OCCC(=O)C12CC3CC(CC(C3)C1)C2.C=C(C)C(=O)OCCC(=O)OC1(C)C2CC3CC(C2)CC1C3.C=C(C)C(=O)OCCOC(=O)CCC(=O)OC1(C)C2CC3CC(C2)CC1C3. The van der Waals surface area contributed by atoms with Gasteiger partial charge < -0.3 is 37.9 Å². The van der Waals surface area contributed by atoms with E-state index in [9.17, 15) is 38.4 Å². The molecule has 0 saturated heterocycles. The first-order chi connectivity index (χ1) is 42.7. The standard InChI is InChI=1S/C21H30O6.C18H26O4.C18H26O3.C17H24O3/c1-13(2)20(24)26-7-6-25-18(22)4-5-19(23)27-21(3)16-9-14-8-15(11-16)12-17(21)10-14;1-11(2)17(20)21-5-4-16(19)22-18(3)14-7-12-6-13(9-14)10-15(18)8-12;1-9(2)18(19)21-10(3)20-15-8-13-7-14(15)17-12-5-4-11(6-12)16(13)17;1-11(2)16(19)20-4-3-15(18)17-8-12-5-13(9-17)7-14(6-12)10-17/h14-17H,1,4-12H2,2-3H3;12-15H,1,4-10H2,2-3H3;10-17H,1,4-8H2,2-3H3;12-14H,1,3-10H2,2H3. The number of fused-ring (bicyclic) bond motifs is 9. The summed E-state index contributed by atoms with van der Waals surface area (Å²) in [5.41, 5.74) is 0.737. The van der Waals surface area contributed by atoms with Crippen molar-refractivity contribution in [2.75, 3.05) is 26.4 Å². The molecule has 0 N–H and O–H groups in total. The Labute approximate surface area is 535 Å². The van der Waals surface area contributed by atoms with Crippen molar-refractivity contribution < 1.29 is 76.3 Å². The Balaban J connectivity index is 0.000000133. The zero-order valence-electron chi connectivity index (χ0n) is 55.3. The van der Waals surface area contributed by atoms with Gasteiger partial charge in [0, 0.05) is 34.1 Å². The summed E-state index contributed by atoms with van der Waals surface area (Å²) in [6.07, 6.45) is 26.9. The molecule has 0 aromatic rings. The minimum atomic E-state index is -0.515. The van der Waals surface area contributed by atoms with E-state index in [1.807, 2.05) is 6.92 Å². The number of rotatable bonds is 22. The summed E-state index contributed by atoms with van der Waals surface area (Å²) < 4.78 is 43.1. The summed E-state index contributed by atoms with van der Waals surface area (Å²) >= 11 is 0. The highest BCUT2D eigenvalue weighted by atomic mass is 16.7. The first-order valence-corrected chi connectivity index (χ1v) is 34.8. The van der Waals surface area contributed by atoms with Gasteiger partial charge in [0.25, 0.3) is 0 Å². The molecule has 0 spiro atoms. The van der Waals surface area contributed by atoms with Crippen LogP contribution in [0.15, 0.2) is 48.6 Å². The average Bonchev–Trinajstić information content (AvgIpc) is 1.40. The number of ether oxygens (including phenoxy) is 8. The Hall–Kier alpha value is -5.12.